The maximum Gasteiger partial charge on any atom is 0.312 e. The van der Waals surface area contributed by atoms with Gasteiger partial charge in [-0.25, -0.2) is 0 Å². The monoisotopic (exact) mass is 424 g/mol. The molecule has 3 rings (SSSR count). The zero-order valence-electron chi connectivity index (χ0n) is 18.9. The average Bonchev–Trinajstić information content (AvgIpc) is 3.20. The van der Waals surface area contributed by atoms with E-state index < -0.39 is 41.1 Å². The number of carbonyl (C=O) groups excluding carboxylic acids is 3. The molecule has 2 N–H and O–H groups in total. The van der Waals surface area contributed by atoms with Crippen LogP contribution in [0, 0.1) is 17.8 Å². The Bertz CT molecular complexity index is 710. The van der Waals surface area contributed by atoms with Crippen LogP contribution in [-0.2, 0) is 23.9 Å². The summed E-state index contributed by atoms with van der Waals surface area (Å²) in [6, 6.07) is -1.51. The van der Waals surface area contributed by atoms with Crippen LogP contribution in [0.25, 0.3) is 0 Å². The number of nitrogens with one attached hydrogen (secondary N) is 1. The SMILES string of the molecule is CCOC(=O)[C@@H]1[C@H]2C(=O)N([C@@H](CO)CC(C)C)C(C(=O)NC(C)C)C23CC[C@@]1(C)O3. The smallest absolute Gasteiger partial charge is 0.312 e. The van der Waals surface area contributed by atoms with Crippen LogP contribution in [0.2, 0.25) is 0 Å². The largest absolute Gasteiger partial charge is 0.466 e. The van der Waals surface area contributed by atoms with E-state index in [9.17, 15) is 19.5 Å². The molecule has 3 aliphatic rings. The Morgan fingerprint density at radius 3 is 2.50 bits per heavy atom. The van der Waals surface area contributed by atoms with E-state index in [1.807, 2.05) is 34.6 Å². The number of hydrogen-bond acceptors (Lipinski definition) is 6. The van der Waals surface area contributed by atoms with E-state index in [1.54, 1.807) is 6.92 Å². The van der Waals surface area contributed by atoms with Gasteiger partial charge in [0.2, 0.25) is 11.8 Å². The van der Waals surface area contributed by atoms with Crippen molar-refractivity contribution in [3.05, 3.63) is 0 Å². The highest BCUT2D eigenvalue weighted by atomic mass is 16.6. The van der Waals surface area contributed by atoms with Gasteiger partial charge in [0.1, 0.15) is 17.6 Å². The molecule has 8 heteroatoms. The Hall–Kier alpha value is -1.67. The Kier molecular flexibility index (Phi) is 6.22. The van der Waals surface area contributed by atoms with Gasteiger partial charge in [0.15, 0.2) is 0 Å². The number of nitrogens with zero attached hydrogens (tertiary/aromatic N) is 1. The van der Waals surface area contributed by atoms with Gasteiger partial charge in [0.25, 0.3) is 0 Å². The third-order valence-corrected chi connectivity index (χ3v) is 6.78. The van der Waals surface area contributed by atoms with Crippen LogP contribution in [-0.4, -0.2) is 70.3 Å². The predicted octanol–water partition coefficient (Wildman–Crippen LogP) is 1.25. The molecule has 3 aliphatic heterocycles. The van der Waals surface area contributed by atoms with Gasteiger partial charge in [-0.3, -0.25) is 14.4 Å². The molecule has 2 bridgehead atoms. The van der Waals surface area contributed by atoms with Gasteiger partial charge in [0, 0.05) is 6.04 Å². The van der Waals surface area contributed by atoms with Crippen LogP contribution >= 0.6 is 0 Å². The van der Waals surface area contributed by atoms with Crippen LogP contribution in [0.3, 0.4) is 0 Å². The second-order valence-electron chi connectivity index (χ2n) is 9.85. The van der Waals surface area contributed by atoms with E-state index in [-0.39, 0.29) is 37.0 Å². The fraction of sp³-hybridized carbons (Fsp3) is 0.864. The molecule has 0 aromatic rings. The zero-order chi connectivity index (χ0) is 22.4. The van der Waals surface area contributed by atoms with E-state index in [0.717, 1.165) is 0 Å². The van der Waals surface area contributed by atoms with Crippen molar-refractivity contribution in [2.45, 2.75) is 90.1 Å². The minimum Gasteiger partial charge on any atom is -0.466 e. The van der Waals surface area contributed by atoms with Crippen molar-refractivity contribution < 1.29 is 29.0 Å². The summed E-state index contributed by atoms with van der Waals surface area (Å²) in [7, 11) is 0. The first-order chi connectivity index (χ1) is 14.0. The Morgan fingerprint density at radius 1 is 1.30 bits per heavy atom. The van der Waals surface area contributed by atoms with Gasteiger partial charge >= 0.3 is 5.97 Å². The maximum absolute atomic E-state index is 13.8. The molecule has 6 atom stereocenters. The first kappa shape index (κ1) is 23.0. The van der Waals surface area contributed by atoms with Crippen molar-refractivity contribution in [1.29, 1.82) is 0 Å². The summed E-state index contributed by atoms with van der Waals surface area (Å²) in [5.74, 6) is -2.35. The summed E-state index contributed by atoms with van der Waals surface area (Å²) in [6.07, 6.45) is 1.65. The summed E-state index contributed by atoms with van der Waals surface area (Å²) in [4.78, 5) is 41.5. The predicted molar refractivity (Wildman–Crippen MR) is 109 cm³/mol. The molecule has 2 amide bonds. The van der Waals surface area contributed by atoms with Crippen LogP contribution in [0.15, 0.2) is 0 Å². The first-order valence-corrected chi connectivity index (χ1v) is 11.1. The number of carbonyl (C=O) groups is 3. The van der Waals surface area contributed by atoms with Gasteiger partial charge in [-0.15, -0.1) is 0 Å². The number of rotatable bonds is 8. The van der Waals surface area contributed by atoms with Gasteiger partial charge in [-0.05, 0) is 52.9 Å². The lowest BCUT2D eigenvalue weighted by Crippen LogP contribution is -2.59. The summed E-state index contributed by atoms with van der Waals surface area (Å²) in [5, 5.41) is 13.0. The number of ether oxygens (including phenoxy) is 2. The molecular formula is C22H36N2O6. The number of esters is 1. The molecule has 0 saturated carbocycles. The molecule has 8 nitrogen and oxygen atoms in total. The topological polar surface area (TPSA) is 105 Å². The normalized spacial score (nSPS) is 35.8. The molecule has 0 aliphatic carbocycles. The second-order valence-corrected chi connectivity index (χ2v) is 9.85. The quantitative estimate of drug-likeness (QED) is 0.568. The fourth-order valence-electron chi connectivity index (χ4n) is 5.83. The minimum atomic E-state index is -1.08. The lowest BCUT2D eigenvalue weighted by atomic mass is 9.66. The number of likely N-dealkylation sites (tertiary alicyclic amines) is 1. The highest BCUT2D eigenvalue weighted by Crippen LogP contribution is 2.63. The average molecular weight is 425 g/mol. The minimum absolute atomic E-state index is 0.113. The maximum atomic E-state index is 13.8. The molecule has 0 aromatic heterocycles. The summed E-state index contributed by atoms with van der Waals surface area (Å²) < 4.78 is 11.8. The summed E-state index contributed by atoms with van der Waals surface area (Å²) in [6.45, 7) is 11.3. The first-order valence-electron chi connectivity index (χ1n) is 11.1. The third kappa shape index (κ3) is 3.42. The van der Waals surface area contributed by atoms with Gasteiger partial charge in [0.05, 0.1) is 30.8 Å². The standard InChI is InChI=1S/C22H36N2O6/c1-7-29-20(28)16-15-19(27)24(14(11-25)10-12(2)3)17(18(26)23-13(4)5)22(15)9-8-21(16,6)30-22/h12-17,25H,7-11H2,1-6H3,(H,23,26)/t14-,15+,16+,17?,21-,22?/m1/s1. The molecule has 0 radical (unpaired) electrons. The van der Waals surface area contributed by atoms with Crippen LogP contribution in [0.4, 0.5) is 0 Å². The van der Waals surface area contributed by atoms with Crippen molar-refractivity contribution in [2.75, 3.05) is 13.2 Å². The van der Waals surface area contributed by atoms with Crippen molar-refractivity contribution in [3.63, 3.8) is 0 Å². The van der Waals surface area contributed by atoms with E-state index in [2.05, 4.69) is 5.32 Å². The van der Waals surface area contributed by atoms with Gasteiger partial charge in [-0.2, -0.15) is 0 Å². The molecule has 2 unspecified atom stereocenters. The highest BCUT2D eigenvalue weighted by molar-refractivity contribution is 5.98. The Morgan fingerprint density at radius 2 is 1.97 bits per heavy atom. The molecule has 170 valence electrons. The van der Waals surface area contributed by atoms with Crippen LogP contribution in [0.5, 0.6) is 0 Å². The summed E-state index contributed by atoms with van der Waals surface area (Å²) in [5.41, 5.74) is -1.91. The van der Waals surface area contributed by atoms with Crippen LogP contribution < -0.4 is 5.32 Å². The van der Waals surface area contributed by atoms with Crippen molar-refractivity contribution in [3.8, 4) is 0 Å². The van der Waals surface area contributed by atoms with Crippen molar-refractivity contribution in [2.24, 2.45) is 17.8 Å². The van der Waals surface area contributed by atoms with E-state index in [1.165, 1.54) is 4.90 Å². The molecule has 3 saturated heterocycles. The number of aliphatic hydroxyl groups excluding tert-OH is 1. The Labute approximate surface area is 178 Å². The molecule has 30 heavy (non-hydrogen) atoms. The zero-order valence-corrected chi connectivity index (χ0v) is 18.9. The third-order valence-electron chi connectivity index (χ3n) is 6.78. The van der Waals surface area contributed by atoms with Crippen LogP contribution in [0.1, 0.15) is 60.8 Å². The van der Waals surface area contributed by atoms with E-state index in [4.69, 9.17) is 9.47 Å². The number of amides is 2. The Balaban J connectivity index is 2.09. The second kappa shape index (κ2) is 8.11. The molecule has 1 spiro atoms. The highest BCUT2D eigenvalue weighted by Gasteiger charge is 2.78. The molecule has 3 heterocycles. The van der Waals surface area contributed by atoms with Crippen molar-refractivity contribution >= 4 is 17.8 Å². The lowest BCUT2D eigenvalue weighted by molar-refractivity contribution is -0.160. The lowest BCUT2D eigenvalue weighted by Gasteiger charge is -2.37. The number of aliphatic hydroxyl groups is 1. The number of fused-ring (bicyclic) bond motifs is 1. The molecule has 3 fully saturated rings. The molecular weight excluding hydrogens is 388 g/mol. The van der Waals surface area contributed by atoms with E-state index >= 15 is 0 Å². The van der Waals surface area contributed by atoms with Gasteiger partial charge < -0.3 is 24.8 Å². The van der Waals surface area contributed by atoms with Crippen molar-refractivity contribution in [1.82, 2.24) is 10.2 Å². The number of hydrogen-bond donors (Lipinski definition) is 2. The molecule has 0 aromatic carbocycles. The summed E-state index contributed by atoms with van der Waals surface area (Å²) >= 11 is 0. The van der Waals surface area contributed by atoms with E-state index in [0.29, 0.717) is 19.3 Å². The van der Waals surface area contributed by atoms with Gasteiger partial charge in [-0.1, -0.05) is 13.8 Å². The fourth-order valence-corrected chi connectivity index (χ4v) is 5.83.